The van der Waals surface area contributed by atoms with Gasteiger partial charge < -0.3 is 10.5 Å². The Hall–Kier alpha value is -0.950. The summed E-state index contributed by atoms with van der Waals surface area (Å²) in [5.74, 6) is 0. The standard InChI is InChI=1S/C14H24N2O3S/c1-11(2)16(8-9-19-4)20(17,18)14-7-5-6-13(10-14)12(3)15/h5-7,10-12H,8-9,15H2,1-4H3. The van der Waals surface area contributed by atoms with Crippen LogP contribution < -0.4 is 5.73 Å². The lowest BCUT2D eigenvalue weighted by Crippen LogP contribution is -2.39. The summed E-state index contributed by atoms with van der Waals surface area (Å²) in [7, 11) is -1.97. The first kappa shape index (κ1) is 17.1. The third-order valence-corrected chi connectivity index (χ3v) is 5.15. The minimum Gasteiger partial charge on any atom is -0.383 e. The summed E-state index contributed by atoms with van der Waals surface area (Å²) >= 11 is 0. The molecule has 1 atom stereocenters. The molecule has 0 aromatic heterocycles. The van der Waals surface area contributed by atoms with Gasteiger partial charge in [-0.3, -0.25) is 0 Å². The van der Waals surface area contributed by atoms with Gasteiger partial charge >= 0.3 is 0 Å². The zero-order valence-electron chi connectivity index (χ0n) is 12.5. The maximum atomic E-state index is 12.7. The van der Waals surface area contributed by atoms with E-state index in [-0.39, 0.29) is 17.0 Å². The first-order chi connectivity index (χ1) is 9.30. The molecule has 114 valence electrons. The van der Waals surface area contributed by atoms with Crippen molar-refractivity contribution in [3.05, 3.63) is 29.8 Å². The van der Waals surface area contributed by atoms with Gasteiger partial charge in [-0.05, 0) is 38.5 Å². The van der Waals surface area contributed by atoms with E-state index >= 15 is 0 Å². The van der Waals surface area contributed by atoms with Crippen LogP contribution in [0.3, 0.4) is 0 Å². The average Bonchev–Trinajstić information content (AvgIpc) is 2.38. The molecule has 1 unspecified atom stereocenters. The van der Waals surface area contributed by atoms with Gasteiger partial charge in [0.05, 0.1) is 11.5 Å². The summed E-state index contributed by atoms with van der Waals surface area (Å²) < 4.78 is 31.8. The lowest BCUT2D eigenvalue weighted by Gasteiger charge is -2.26. The van der Waals surface area contributed by atoms with E-state index in [1.165, 1.54) is 4.31 Å². The van der Waals surface area contributed by atoms with Crippen LogP contribution in [0, 0.1) is 0 Å². The Morgan fingerprint density at radius 2 is 1.95 bits per heavy atom. The normalized spacial score (nSPS) is 13.9. The smallest absolute Gasteiger partial charge is 0.243 e. The van der Waals surface area contributed by atoms with Crippen molar-refractivity contribution in [2.75, 3.05) is 20.3 Å². The molecule has 20 heavy (non-hydrogen) atoms. The number of nitrogens with two attached hydrogens (primary N) is 1. The van der Waals surface area contributed by atoms with E-state index in [1.807, 2.05) is 26.8 Å². The molecule has 0 aliphatic heterocycles. The third-order valence-electron chi connectivity index (χ3n) is 3.08. The molecule has 1 aromatic rings. The summed E-state index contributed by atoms with van der Waals surface area (Å²) in [6.07, 6.45) is 0. The Balaban J connectivity index is 3.15. The van der Waals surface area contributed by atoms with Crippen LogP contribution in [0.15, 0.2) is 29.2 Å². The highest BCUT2D eigenvalue weighted by atomic mass is 32.2. The van der Waals surface area contributed by atoms with Crippen LogP contribution in [0.5, 0.6) is 0 Å². The molecule has 0 radical (unpaired) electrons. The van der Waals surface area contributed by atoms with Crippen molar-refractivity contribution >= 4 is 10.0 Å². The summed E-state index contributed by atoms with van der Waals surface area (Å²) in [5.41, 5.74) is 6.62. The lowest BCUT2D eigenvalue weighted by atomic mass is 10.1. The van der Waals surface area contributed by atoms with Gasteiger partial charge in [0.25, 0.3) is 0 Å². The van der Waals surface area contributed by atoms with Crippen LogP contribution >= 0.6 is 0 Å². The van der Waals surface area contributed by atoms with Gasteiger partial charge in [-0.15, -0.1) is 0 Å². The van der Waals surface area contributed by atoms with Gasteiger partial charge in [0.2, 0.25) is 10.0 Å². The highest BCUT2D eigenvalue weighted by Crippen LogP contribution is 2.21. The number of hydrogen-bond acceptors (Lipinski definition) is 4. The maximum absolute atomic E-state index is 12.7. The van der Waals surface area contributed by atoms with Gasteiger partial charge in [-0.1, -0.05) is 12.1 Å². The second-order valence-electron chi connectivity index (χ2n) is 5.06. The molecule has 0 spiro atoms. The second kappa shape index (κ2) is 7.17. The van der Waals surface area contributed by atoms with Crippen LogP contribution in [0.2, 0.25) is 0 Å². The number of sulfonamides is 1. The van der Waals surface area contributed by atoms with Crippen molar-refractivity contribution in [1.82, 2.24) is 4.31 Å². The molecule has 0 heterocycles. The highest BCUT2D eigenvalue weighted by molar-refractivity contribution is 7.89. The number of methoxy groups -OCH3 is 1. The minimum atomic E-state index is -3.53. The third kappa shape index (κ3) is 4.02. The van der Waals surface area contributed by atoms with E-state index in [4.69, 9.17) is 10.5 Å². The molecule has 5 nitrogen and oxygen atoms in total. The van der Waals surface area contributed by atoms with E-state index < -0.39 is 10.0 Å². The molecule has 0 aliphatic rings. The topological polar surface area (TPSA) is 72.6 Å². The zero-order chi connectivity index (χ0) is 15.3. The summed E-state index contributed by atoms with van der Waals surface area (Å²) in [6.45, 7) is 6.23. The number of hydrogen-bond donors (Lipinski definition) is 1. The van der Waals surface area contributed by atoms with Crippen molar-refractivity contribution in [1.29, 1.82) is 0 Å². The molecular formula is C14H24N2O3S. The monoisotopic (exact) mass is 300 g/mol. The van der Waals surface area contributed by atoms with Gasteiger partial charge in [0, 0.05) is 25.7 Å². The van der Waals surface area contributed by atoms with E-state index in [9.17, 15) is 8.42 Å². The second-order valence-corrected chi connectivity index (χ2v) is 6.95. The number of rotatable bonds is 7. The first-order valence-corrected chi connectivity index (χ1v) is 8.11. The fourth-order valence-electron chi connectivity index (χ4n) is 1.93. The van der Waals surface area contributed by atoms with Gasteiger partial charge in [-0.25, -0.2) is 8.42 Å². The molecule has 2 N–H and O–H groups in total. The maximum Gasteiger partial charge on any atom is 0.243 e. The van der Waals surface area contributed by atoms with Gasteiger partial charge in [-0.2, -0.15) is 4.31 Å². The minimum absolute atomic E-state index is 0.130. The van der Waals surface area contributed by atoms with Crippen molar-refractivity contribution in [2.45, 2.75) is 37.8 Å². The zero-order valence-corrected chi connectivity index (χ0v) is 13.4. The molecule has 0 aliphatic carbocycles. The van der Waals surface area contributed by atoms with Crippen molar-refractivity contribution in [3.63, 3.8) is 0 Å². The predicted molar refractivity (Wildman–Crippen MR) is 79.9 cm³/mol. The van der Waals surface area contributed by atoms with Crippen molar-refractivity contribution in [2.24, 2.45) is 5.73 Å². The van der Waals surface area contributed by atoms with Crippen LogP contribution in [-0.2, 0) is 14.8 Å². The number of nitrogens with zero attached hydrogens (tertiary/aromatic N) is 1. The van der Waals surface area contributed by atoms with Crippen molar-refractivity contribution in [3.8, 4) is 0 Å². The van der Waals surface area contributed by atoms with E-state index in [2.05, 4.69) is 0 Å². The fourth-order valence-corrected chi connectivity index (χ4v) is 3.61. The number of ether oxygens (including phenoxy) is 1. The van der Waals surface area contributed by atoms with Gasteiger partial charge in [0.15, 0.2) is 0 Å². The summed E-state index contributed by atoms with van der Waals surface area (Å²) in [6, 6.07) is 6.47. The molecule has 1 aromatic carbocycles. The van der Waals surface area contributed by atoms with Crippen molar-refractivity contribution < 1.29 is 13.2 Å². The molecule has 0 fully saturated rings. The predicted octanol–water partition coefficient (Wildman–Crippen LogP) is 1.75. The summed E-state index contributed by atoms with van der Waals surface area (Å²) in [4.78, 5) is 0.275. The Labute approximate surface area is 121 Å². The quantitative estimate of drug-likeness (QED) is 0.832. The Kier molecular flexibility index (Phi) is 6.13. The molecule has 1 rings (SSSR count). The SMILES string of the molecule is COCCN(C(C)C)S(=O)(=O)c1cccc(C(C)N)c1. The van der Waals surface area contributed by atoms with E-state index in [0.717, 1.165) is 5.56 Å². The Morgan fingerprint density at radius 1 is 1.30 bits per heavy atom. The van der Waals surface area contributed by atoms with Crippen LogP contribution in [0.25, 0.3) is 0 Å². The first-order valence-electron chi connectivity index (χ1n) is 6.67. The highest BCUT2D eigenvalue weighted by Gasteiger charge is 2.26. The average molecular weight is 300 g/mol. The molecule has 0 saturated carbocycles. The fraction of sp³-hybridized carbons (Fsp3) is 0.571. The van der Waals surface area contributed by atoms with Gasteiger partial charge in [0.1, 0.15) is 0 Å². The van der Waals surface area contributed by atoms with E-state index in [0.29, 0.717) is 13.2 Å². The Morgan fingerprint density at radius 3 is 2.45 bits per heavy atom. The van der Waals surface area contributed by atoms with Crippen LogP contribution in [-0.4, -0.2) is 39.0 Å². The lowest BCUT2D eigenvalue weighted by molar-refractivity contribution is 0.171. The molecule has 0 bridgehead atoms. The summed E-state index contributed by atoms with van der Waals surface area (Å²) in [5, 5.41) is 0. The number of benzene rings is 1. The molecule has 0 amide bonds. The van der Waals surface area contributed by atoms with E-state index in [1.54, 1.807) is 25.3 Å². The Bertz CT molecular complexity index is 527. The largest absolute Gasteiger partial charge is 0.383 e. The van der Waals surface area contributed by atoms with Crippen LogP contribution in [0.4, 0.5) is 0 Å². The molecular weight excluding hydrogens is 276 g/mol. The molecule has 0 saturated heterocycles. The van der Waals surface area contributed by atoms with Crippen LogP contribution in [0.1, 0.15) is 32.4 Å². The molecule has 6 heteroatoms.